The van der Waals surface area contributed by atoms with Gasteiger partial charge in [0.15, 0.2) is 0 Å². The third kappa shape index (κ3) is 5.00. The highest BCUT2D eigenvalue weighted by molar-refractivity contribution is 6.31. The summed E-state index contributed by atoms with van der Waals surface area (Å²) in [6.45, 7) is 2.67. The Bertz CT molecular complexity index is 783. The van der Waals surface area contributed by atoms with Crippen LogP contribution in [0.4, 0.5) is 10.1 Å². The van der Waals surface area contributed by atoms with Gasteiger partial charge in [-0.3, -0.25) is 9.59 Å². The van der Waals surface area contributed by atoms with Gasteiger partial charge in [-0.1, -0.05) is 31.0 Å². The fraction of sp³-hybridized carbons (Fsp3) is 0.278. The van der Waals surface area contributed by atoms with Crippen molar-refractivity contribution in [3.05, 3.63) is 58.6 Å². The minimum Gasteiger partial charge on any atom is -0.340 e. The molecule has 1 heterocycles. The molecule has 2 rings (SSSR count). The van der Waals surface area contributed by atoms with Crippen LogP contribution in [-0.2, 0) is 0 Å². The van der Waals surface area contributed by atoms with Crippen molar-refractivity contribution in [2.45, 2.75) is 19.8 Å². The maximum Gasteiger partial charge on any atom is 0.274 e. The number of nitrogens with zero attached hydrogens (tertiary/aromatic N) is 2. The zero-order valence-electron chi connectivity index (χ0n) is 14.1. The average Bonchev–Trinajstić information content (AvgIpc) is 2.62. The largest absolute Gasteiger partial charge is 0.340 e. The second-order valence-electron chi connectivity index (χ2n) is 5.57. The Balaban J connectivity index is 2.13. The Morgan fingerprint density at radius 2 is 1.96 bits per heavy atom. The summed E-state index contributed by atoms with van der Waals surface area (Å²) in [6, 6.07) is 8.53. The van der Waals surface area contributed by atoms with Crippen LogP contribution in [0.15, 0.2) is 36.4 Å². The minimum absolute atomic E-state index is 0.0905. The van der Waals surface area contributed by atoms with Crippen molar-refractivity contribution < 1.29 is 14.0 Å². The molecule has 0 aliphatic carbocycles. The molecule has 0 unspecified atom stereocenters. The SMILES string of the molecule is CCCCN(C)C(=O)c1cccc(C(=O)Nc2ccc(F)c(Cl)c2)n1. The first kappa shape index (κ1) is 18.9. The number of hydrogen-bond donors (Lipinski definition) is 1. The van der Waals surface area contributed by atoms with Crippen LogP contribution in [0.2, 0.25) is 5.02 Å². The second-order valence-corrected chi connectivity index (χ2v) is 5.98. The fourth-order valence-corrected chi connectivity index (χ4v) is 2.32. The number of aromatic nitrogens is 1. The van der Waals surface area contributed by atoms with E-state index < -0.39 is 11.7 Å². The summed E-state index contributed by atoms with van der Waals surface area (Å²) >= 11 is 5.69. The van der Waals surface area contributed by atoms with Crippen LogP contribution in [0.3, 0.4) is 0 Å². The predicted octanol–water partition coefficient (Wildman–Crippen LogP) is 4.00. The summed E-state index contributed by atoms with van der Waals surface area (Å²) in [5, 5.41) is 2.49. The summed E-state index contributed by atoms with van der Waals surface area (Å²) < 4.78 is 13.2. The summed E-state index contributed by atoms with van der Waals surface area (Å²) in [5.41, 5.74) is 0.633. The van der Waals surface area contributed by atoms with Gasteiger partial charge >= 0.3 is 0 Å². The van der Waals surface area contributed by atoms with E-state index in [-0.39, 0.29) is 22.3 Å². The number of rotatable bonds is 6. The second kappa shape index (κ2) is 8.58. The highest BCUT2D eigenvalue weighted by Gasteiger charge is 2.16. The molecule has 5 nitrogen and oxygen atoms in total. The highest BCUT2D eigenvalue weighted by Crippen LogP contribution is 2.19. The van der Waals surface area contributed by atoms with Gasteiger partial charge < -0.3 is 10.2 Å². The first-order valence-corrected chi connectivity index (χ1v) is 8.29. The number of pyridine rings is 1. The smallest absolute Gasteiger partial charge is 0.274 e. The lowest BCUT2D eigenvalue weighted by Gasteiger charge is -2.16. The molecule has 1 N–H and O–H groups in total. The van der Waals surface area contributed by atoms with E-state index in [4.69, 9.17) is 11.6 Å². The molecule has 0 fully saturated rings. The standard InChI is InChI=1S/C18H19ClFN3O2/c1-3-4-10-23(2)18(25)16-7-5-6-15(22-16)17(24)21-12-8-9-14(20)13(19)11-12/h5-9,11H,3-4,10H2,1-2H3,(H,21,24). The monoisotopic (exact) mass is 363 g/mol. The molecule has 0 aliphatic rings. The van der Waals surface area contributed by atoms with Crippen molar-refractivity contribution in [2.24, 2.45) is 0 Å². The van der Waals surface area contributed by atoms with Gasteiger partial charge in [-0.25, -0.2) is 9.37 Å². The number of carbonyl (C=O) groups excluding carboxylic acids is 2. The zero-order valence-corrected chi connectivity index (χ0v) is 14.8. The topological polar surface area (TPSA) is 62.3 Å². The van der Waals surface area contributed by atoms with Crippen LogP contribution in [0, 0.1) is 5.82 Å². The number of halogens is 2. The molecule has 7 heteroatoms. The Kier molecular flexibility index (Phi) is 6.47. The Morgan fingerprint density at radius 1 is 1.24 bits per heavy atom. The van der Waals surface area contributed by atoms with Crippen LogP contribution in [0.1, 0.15) is 40.7 Å². The summed E-state index contributed by atoms with van der Waals surface area (Å²) in [4.78, 5) is 30.3. The molecule has 25 heavy (non-hydrogen) atoms. The molecular formula is C18H19ClFN3O2. The molecule has 2 aromatic rings. The van der Waals surface area contributed by atoms with Gasteiger partial charge in [0.1, 0.15) is 17.2 Å². The van der Waals surface area contributed by atoms with E-state index in [1.54, 1.807) is 24.1 Å². The third-order valence-corrected chi connectivity index (χ3v) is 3.86. The number of anilines is 1. The van der Waals surface area contributed by atoms with E-state index in [0.717, 1.165) is 18.9 Å². The molecule has 0 spiro atoms. The molecule has 2 amide bonds. The molecule has 132 valence electrons. The number of carbonyl (C=O) groups is 2. The van der Waals surface area contributed by atoms with Crippen molar-refractivity contribution in [2.75, 3.05) is 18.9 Å². The van der Waals surface area contributed by atoms with Gasteiger partial charge in [-0.2, -0.15) is 0 Å². The zero-order chi connectivity index (χ0) is 18.4. The summed E-state index contributed by atoms with van der Waals surface area (Å²) in [5.74, 6) is -1.32. The van der Waals surface area contributed by atoms with Gasteiger partial charge in [0, 0.05) is 19.3 Å². The van der Waals surface area contributed by atoms with Gasteiger partial charge in [-0.05, 0) is 36.8 Å². The van der Waals surface area contributed by atoms with E-state index in [1.807, 2.05) is 6.92 Å². The minimum atomic E-state index is -0.569. The average molecular weight is 364 g/mol. The number of amides is 2. The first-order chi connectivity index (χ1) is 11.9. The highest BCUT2D eigenvalue weighted by atomic mass is 35.5. The maximum absolute atomic E-state index is 13.2. The van der Waals surface area contributed by atoms with Gasteiger partial charge in [0.05, 0.1) is 5.02 Å². The molecular weight excluding hydrogens is 345 g/mol. The van der Waals surface area contributed by atoms with Crippen molar-refractivity contribution in [3.8, 4) is 0 Å². The van der Waals surface area contributed by atoms with E-state index in [2.05, 4.69) is 10.3 Å². The number of benzene rings is 1. The van der Waals surface area contributed by atoms with Crippen LogP contribution in [0.25, 0.3) is 0 Å². The normalized spacial score (nSPS) is 10.4. The van der Waals surface area contributed by atoms with Crippen molar-refractivity contribution in [1.29, 1.82) is 0 Å². The Morgan fingerprint density at radius 3 is 2.64 bits per heavy atom. The van der Waals surface area contributed by atoms with E-state index in [0.29, 0.717) is 12.2 Å². The molecule has 0 saturated heterocycles. The molecule has 0 atom stereocenters. The molecule has 0 bridgehead atoms. The van der Waals surface area contributed by atoms with Gasteiger partial charge in [0.2, 0.25) is 0 Å². The summed E-state index contributed by atoms with van der Waals surface area (Å²) in [7, 11) is 1.70. The van der Waals surface area contributed by atoms with E-state index in [9.17, 15) is 14.0 Å². The third-order valence-electron chi connectivity index (χ3n) is 3.57. The number of unbranched alkanes of at least 4 members (excludes halogenated alkanes) is 1. The number of hydrogen-bond acceptors (Lipinski definition) is 3. The molecule has 0 saturated carbocycles. The lowest BCUT2D eigenvalue weighted by Crippen LogP contribution is -2.29. The maximum atomic E-state index is 13.2. The van der Waals surface area contributed by atoms with E-state index in [1.165, 1.54) is 18.2 Å². The van der Waals surface area contributed by atoms with Crippen LogP contribution in [-0.4, -0.2) is 35.3 Å². The first-order valence-electron chi connectivity index (χ1n) is 7.91. The number of nitrogens with one attached hydrogen (secondary N) is 1. The van der Waals surface area contributed by atoms with E-state index >= 15 is 0 Å². The van der Waals surface area contributed by atoms with Crippen molar-refractivity contribution in [3.63, 3.8) is 0 Å². The van der Waals surface area contributed by atoms with Crippen LogP contribution in [0.5, 0.6) is 0 Å². The van der Waals surface area contributed by atoms with Crippen molar-refractivity contribution in [1.82, 2.24) is 9.88 Å². The Hall–Kier alpha value is -2.47. The molecule has 0 aliphatic heterocycles. The molecule has 1 aromatic carbocycles. The van der Waals surface area contributed by atoms with Crippen LogP contribution >= 0.6 is 11.6 Å². The quantitative estimate of drug-likeness (QED) is 0.843. The Labute approximate surface area is 150 Å². The fourth-order valence-electron chi connectivity index (χ4n) is 2.14. The molecule has 0 radical (unpaired) electrons. The van der Waals surface area contributed by atoms with Gasteiger partial charge in [0.25, 0.3) is 11.8 Å². The summed E-state index contributed by atoms with van der Waals surface area (Å²) in [6.07, 6.45) is 1.88. The lowest BCUT2D eigenvalue weighted by molar-refractivity contribution is 0.0787. The predicted molar refractivity (Wildman–Crippen MR) is 95.5 cm³/mol. The van der Waals surface area contributed by atoms with Crippen molar-refractivity contribution >= 4 is 29.1 Å². The van der Waals surface area contributed by atoms with Crippen LogP contribution < -0.4 is 5.32 Å². The van der Waals surface area contributed by atoms with Gasteiger partial charge in [-0.15, -0.1) is 0 Å². The lowest BCUT2D eigenvalue weighted by atomic mass is 10.2. The molecule has 1 aromatic heterocycles.